The molecule has 1 fully saturated rings. The summed E-state index contributed by atoms with van der Waals surface area (Å²) < 4.78 is 45.7. The highest BCUT2D eigenvalue weighted by molar-refractivity contribution is 5.80. The molecule has 1 saturated heterocycles. The van der Waals surface area contributed by atoms with Crippen molar-refractivity contribution in [3.63, 3.8) is 0 Å². The second-order valence-electron chi connectivity index (χ2n) is 6.20. The van der Waals surface area contributed by atoms with E-state index in [1.807, 2.05) is 11.6 Å². The molecule has 0 saturated carbocycles. The average molecular weight is 343 g/mol. The van der Waals surface area contributed by atoms with Crippen molar-refractivity contribution in [3.8, 4) is 0 Å². The van der Waals surface area contributed by atoms with Crippen molar-refractivity contribution in [3.05, 3.63) is 29.9 Å². The van der Waals surface area contributed by atoms with Crippen molar-refractivity contribution in [2.45, 2.75) is 31.5 Å². The third-order valence-corrected chi connectivity index (χ3v) is 4.64. The Morgan fingerprint density at radius 1 is 1.42 bits per heavy atom. The van der Waals surface area contributed by atoms with Crippen LogP contribution in [0.5, 0.6) is 0 Å². The van der Waals surface area contributed by atoms with E-state index in [1.165, 1.54) is 4.90 Å². The molecule has 0 N–H and O–H groups in total. The highest BCUT2D eigenvalue weighted by atomic mass is 19.4. The van der Waals surface area contributed by atoms with E-state index in [2.05, 4.69) is 4.98 Å². The van der Waals surface area contributed by atoms with Gasteiger partial charge in [0.05, 0.1) is 5.92 Å². The van der Waals surface area contributed by atoms with Gasteiger partial charge in [0.1, 0.15) is 11.9 Å². The van der Waals surface area contributed by atoms with Gasteiger partial charge in [0.15, 0.2) is 0 Å². The zero-order valence-electron chi connectivity index (χ0n) is 13.4. The summed E-state index contributed by atoms with van der Waals surface area (Å²) in [4.78, 5) is 18.6. The van der Waals surface area contributed by atoms with E-state index in [0.29, 0.717) is 18.9 Å². The predicted molar refractivity (Wildman–Crippen MR) is 80.0 cm³/mol. The van der Waals surface area contributed by atoms with Crippen molar-refractivity contribution in [2.75, 3.05) is 19.7 Å². The molecule has 2 aliphatic heterocycles. The van der Waals surface area contributed by atoms with E-state index in [4.69, 9.17) is 4.74 Å². The highest BCUT2D eigenvalue weighted by Gasteiger charge is 2.40. The number of hydrogen-bond acceptors (Lipinski definition) is 3. The lowest BCUT2D eigenvalue weighted by molar-refractivity contribution is -0.146. The van der Waals surface area contributed by atoms with Crippen LogP contribution in [0.2, 0.25) is 0 Å². The second-order valence-corrected chi connectivity index (χ2v) is 6.20. The van der Waals surface area contributed by atoms with Crippen LogP contribution in [0.1, 0.15) is 31.2 Å². The molecule has 3 heterocycles. The summed E-state index contributed by atoms with van der Waals surface area (Å²) >= 11 is 0. The number of nitrogens with zero attached hydrogens (tertiary/aromatic N) is 3. The number of rotatable bonds is 2. The molecule has 1 amide bonds. The molecule has 5 nitrogen and oxygen atoms in total. The smallest absolute Gasteiger partial charge is 0.369 e. The molecule has 8 heteroatoms. The molecular weight excluding hydrogens is 323 g/mol. The van der Waals surface area contributed by atoms with Crippen LogP contribution < -0.4 is 0 Å². The standard InChI is InChI=1S/C16H20F3N3O2/c1-21-9-6-20-14(21)13-12(3-2-10-24-13)15(23)22-7-4-11(5-8-22)16(17,18)19/h4,6,9,12-13H,2-3,5,7-8,10H2,1H3/t12-,13-/m1/s1. The number of amides is 1. The molecule has 2 aliphatic rings. The number of carbonyl (C=O) groups is 1. The molecule has 0 radical (unpaired) electrons. The molecule has 3 rings (SSSR count). The van der Waals surface area contributed by atoms with Crippen molar-refractivity contribution >= 4 is 5.91 Å². The molecule has 2 atom stereocenters. The zero-order chi connectivity index (χ0) is 17.3. The van der Waals surface area contributed by atoms with Crippen LogP contribution >= 0.6 is 0 Å². The average Bonchev–Trinajstić information content (AvgIpc) is 2.99. The molecule has 0 unspecified atom stereocenters. The lowest BCUT2D eigenvalue weighted by atomic mass is 9.91. The number of imidazole rings is 1. The van der Waals surface area contributed by atoms with E-state index in [-0.39, 0.29) is 25.4 Å². The molecule has 132 valence electrons. The lowest BCUT2D eigenvalue weighted by Gasteiger charge is -2.35. The lowest BCUT2D eigenvalue weighted by Crippen LogP contribution is -2.44. The van der Waals surface area contributed by atoms with Gasteiger partial charge in [0.2, 0.25) is 5.91 Å². The minimum Gasteiger partial charge on any atom is -0.369 e. The maximum atomic E-state index is 12.8. The minimum absolute atomic E-state index is 0.00252. The number of carbonyl (C=O) groups excluding carboxylic acids is 1. The summed E-state index contributed by atoms with van der Waals surface area (Å²) in [6.07, 6.45) is 1.05. The van der Waals surface area contributed by atoms with Crippen molar-refractivity contribution < 1.29 is 22.7 Å². The van der Waals surface area contributed by atoms with E-state index in [0.717, 1.165) is 12.5 Å². The molecule has 0 bridgehead atoms. The third-order valence-electron chi connectivity index (χ3n) is 4.64. The number of alkyl halides is 3. The quantitative estimate of drug-likeness (QED) is 0.776. The summed E-state index contributed by atoms with van der Waals surface area (Å²) in [5.41, 5.74) is -0.549. The minimum atomic E-state index is -4.31. The number of aromatic nitrogens is 2. The Hall–Kier alpha value is -1.83. The van der Waals surface area contributed by atoms with Crippen molar-refractivity contribution in [1.29, 1.82) is 0 Å². The summed E-state index contributed by atoms with van der Waals surface area (Å²) in [5, 5.41) is 0. The fourth-order valence-electron chi connectivity index (χ4n) is 3.30. The van der Waals surface area contributed by atoms with Gasteiger partial charge >= 0.3 is 6.18 Å². The molecular formula is C16H20F3N3O2. The Bertz CT molecular complexity index is 639. The summed E-state index contributed by atoms with van der Waals surface area (Å²) in [5.74, 6) is 0.123. The van der Waals surface area contributed by atoms with Crippen molar-refractivity contribution in [2.24, 2.45) is 13.0 Å². The van der Waals surface area contributed by atoms with Gasteiger partial charge in [-0.05, 0) is 19.3 Å². The van der Waals surface area contributed by atoms with Crippen LogP contribution in [0, 0.1) is 5.92 Å². The van der Waals surface area contributed by atoms with E-state index < -0.39 is 23.8 Å². The molecule has 1 aromatic heterocycles. The van der Waals surface area contributed by atoms with Crippen LogP contribution in [0.4, 0.5) is 13.2 Å². The molecule has 24 heavy (non-hydrogen) atoms. The first-order valence-corrected chi connectivity index (χ1v) is 8.02. The fraction of sp³-hybridized carbons (Fsp3) is 0.625. The summed E-state index contributed by atoms with van der Waals surface area (Å²) in [6.45, 7) is 0.644. The Morgan fingerprint density at radius 3 is 2.79 bits per heavy atom. The number of hydrogen-bond donors (Lipinski definition) is 0. The Kier molecular flexibility index (Phi) is 4.67. The Morgan fingerprint density at radius 2 is 2.21 bits per heavy atom. The second kappa shape index (κ2) is 6.58. The van der Waals surface area contributed by atoms with Crippen LogP contribution in [0.15, 0.2) is 24.0 Å². The van der Waals surface area contributed by atoms with Crippen LogP contribution in [-0.2, 0) is 16.6 Å². The van der Waals surface area contributed by atoms with Gasteiger partial charge in [-0.1, -0.05) is 6.08 Å². The first kappa shape index (κ1) is 17.0. The Balaban J connectivity index is 1.74. The van der Waals surface area contributed by atoms with E-state index in [9.17, 15) is 18.0 Å². The van der Waals surface area contributed by atoms with Gasteiger partial charge in [-0.25, -0.2) is 4.98 Å². The highest BCUT2D eigenvalue weighted by Crippen LogP contribution is 2.35. The fourth-order valence-corrected chi connectivity index (χ4v) is 3.30. The summed E-state index contributed by atoms with van der Waals surface area (Å²) in [7, 11) is 1.83. The largest absolute Gasteiger partial charge is 0.412 e. The van der Waals surface area contributed by atoms with Gasteiger partial charge in [0, 0.05) is 44.7 Å². The van der Waals surface area contributed by atoms with Gasteiger partial charge in [-0.2, -0.15) is 13.2 Å². The van der Waals surface area contributed by atoms with Gasteiger partial charge in [-0.3, -0.25) is 4.79 Å². The van der Waals surface area contributed by atoms with Gasteiger partial charge in [-0.15, -0.1) is 0 Å². The van der Waals surface area contributed by atoms with E-state index >= 15 is 0 Å². The topological polar surface area (TPSA) is 47.4 Å². The van der Waals surface area contributed by atoms with Gasteiger partial charge < -0.3 is 14.2 Å². The zero-order valence-corrected chi connectivity index (χ0v) is 13.4. The van der Waals surface area contributed by atoms with Crippen LogP contribution in [0.3, 0.4) is 0 Å². The molecule has 0 aromatic carbocycles. The molecule has 0 spiro atoms. The number of ether oxygens (including phenoxy) is 1. The van der Waals surface area contributed by atoms with Crippen molar-refractivity contribution in [1.82, 2.24) is 14.5 Å². The SMILES string of the molecule is Cn1ccnc1[C@@H]1OCCC[C@H]1C(=O)N1CC=C(C(F)(F)F)CC1. The first-order chi connectivity index (χ1) is 11.4. The van der Waals surface area contributed by atoms with Crippen LogP contribution in [0.25, 0.3) is 0 Å². The number of halogens is 3. The maximum absolute atomic E-state index is 12.8. The normalized spacial score (nSPS) is 25.5. The van der Waals surface area contributed by atoms with E-state index in [1.54, 1.807) is 12.4 Å². The Labute approximate surface area is 138 Å². The van der Waals surface area contributed by atoms with Crippen LogP contribution in [-0.4, -0.2) is 46.2 Å². The monoisotopic (exact) mass is 343 g/mol. The first-order valence-electron chi connectivity index (χ1n) is 8.02. The number of aryl methyl sites for hydroxylation is 1. The maximum Gasteiger partial charge on any atom is 0.412 e. The predicted octanol–water partition coefficient (Wildman–Crippen LogP) is 2.61. The third kappa shape index (κ3) is 3.33. The van der Waals surface area contributed by atoms with Gasteiger partial charge in [0.25, 0.3) is 0 Å². The molecule has 1 aromatic rings. The molecule has 0 aliphatic carbocycles. The summed E-state index contributed by atoms with van der Waals surface area (Å²) in [6, 6.07) is 0.